The first kappa shape index (κ1) is 13.3. The van der Waals surface area contributed by atoms with Crippen molar-refractivity contribution in [3.8, 4) is 0 Å². The van der Waals surface area contributed by atoms with E-state index in [1.165, 1.54) is 5.56 Å². The molecule has 1 aromatic carbocycles. The third kappa shape index (κ3) is 5.73. The predicted molar refractivity (Wildman–Crippen MR) is 68.4 cm³/mol. The molecule has 0 radical (unpaired) electrons. The van der Waals surface area contributed by atoms with Crippen LogP contribution in [0.25, 0.3) is 6.08 Å². The van der Waals surface area contributed by atoms with Crippen molar-refractivity contribution in [3.63, 3.8) is 0 Å². The second kappa shape index (κ2) is 6.70. The van der Waals surface area contributed by atoms with E-state index in [4.69, 9.17) is 5.11 Å². The van der Waals surface area contributed by atoms with Crippen molar-refractivity contribution in [2.75, 3.05) is 6.54 Å². The quantitative estimate of drug-likeness (QED) is 0.741. The number of aryl methyl sites for hydroxylation is 1. The maximum absolute atomic E-state index is 11.2. The van der Waals surface area contributed by atoms with Gasteiger partial charge in [0.05, 0.1) is 6.10 Å². The van der Waals surface area contributed by atoms with E-state index in [-0.39, 0.29) is 12.6 Å². The Balaban J connectivity index is 2.37. The molecule has 2 amide bonds. The lowest BCUT2D eigenvalue weighted by atomic mass is 10.1. The first-order valence-electron chi connectivity index (χ1n) is 5.53. The molecule has 92 valence electrons. The minimum Gasteiger partial charge on any atom is -0.392 e. The highest BCUT2D eigenvalue weighted by Crippen LogP contribution is 2.04. The Morgan fingerprint density at radius 3 is 2.94 bits per heavy atom. The van der Waals surface area contributed by atoms with Crippen LogP contribution in [-0.2, 0) is 0 Å². The van der Waals surface area contributed by atoms with Crippen LogP contribution in [-0.4, -0.2) is 23.8 Å². The van der Waals surface area contributed by atoms with Crippen LogP contribution >= 0.6 is 0 Å². The molecular weight excluding hydrogens is 216 g/mol. The number of rotatable bonds is 4. The van der Waals surface area contributed by atoms with Gasteiger partial charge in [0.2, 0.25) is 0 Å². The number of aliphatic hydroxyl groups is 1. The fourth-order valence-corrected chi connectivity index (χ4v) is 1.28. The maximum Gasteiger partial charge on any atom is 0.318 e. The fraction of sp³-hybridized carbons (Fsp3) is 0.308. The van der Waals surface area contributed by atoms with Gasteiger partial charge in [-0.05, 0) is 25.5 Å². The van der Waals surface area contributed by atoms with E-state index in [0.29, 0.717) is 0 Å². The summed E-state index contributed by atoms with van der Waals surface area (Å²) in [6.07, 6.45) is 2.85. The Morgan fingerprint density at radius 2 is 2.29 bits per heavy atom. The lowest BCUT2D eigenvalue weighted by Crippen LogP contribution is -2.36. The molecule has 4 heteroatoms. The van der Waals surface area contributed by atoms with Crippen molar-refractivity contribution in [2.24, 2.45) is 0 Å². The SMILES string of the molecule is Cc1cccc(/C=C/NC(=O)NCC(C)O)c1. The molecule has 4 nitrogen and oxygen atoms in total. The Morgan fingerprint density at radius 1 is 1.53 bits per heavy atom. The normalized spacial score (nSPS) is 12.4. The Kier molecular flexibility index (Phi) is 5.23. The smallest absolute Gasteiger partial charge is 0.318 e. The lowest BCUT2D eigenvalue weighted by molar-refractivity contribution is 0.188. The second-order valence-corrected chi connectivity index (χ2v) is 3.95. The number of carbonyl (C=O) groups excluding carboxylic acids is 1. The fourth-order valence-electron chi connectivity index (χ4n) is 1.28. The van der Waals surface area contributed by atoms with Crippen LogP contribution < -0.4 is 10.6 Å². The van der Waals surface area contributed by atoms with Gasteiger partial charge in [0.1, 0.15) is 0 Å². The first-order valence-corrected chi connectivity index (χ1v) is 5.53. The van der Waals surface area contributed by atoms with E-state index >= 15 is 0 Å². The van der Waals surface area contributed by atoms with Crippen LogP contribution in [0.2, 0.25) is 0 Å². The molecule has 0 aromatic heterocycles. The predicted octanol–water partition coefficient (Wildman–Crippen LogP) is 1.65. The minimum atomic E-state index is -0.540. The number of carbonyl (C=O) groups is 1. The van der Waals surface area contributed by atoms with Crippen molar-refractivity contribution < 1.29 is 9.90 Å². The van der Waals surface area contributed by atoms with Gasteiger partial charge < -0.3 is 15.7 Å². The number of benzene rings is 1. The van der Waals surface area contributed by atoms with Gasteiger partial charge in [0, 0.05) is 12.7 Å². The van der Waals surface area contributed by atoms with Gasteiger partial charge in [-0.15, -0.1) is 0 Å². The van der Waals surface area contributed by atoms with Gasteiger partial charge in [0.25, 0.3) is 0 Å². The molecule has 0 saturated carbocycles. The number of aliphatic hydroxyl groups excluding tert-OH is 1. The van der Waals surface area contributed by atoms with E-state index in [1.807, 2.05) is 37.3 Å². The summed E-state index contributed by atoms with van der Waals surface area (Å²) in [5.41, 5.74) is 2.20. The molecular formula is C13H18N2O2. The van der Waals surface area contributed by atoms with Crippen LogP contribution in [0.4, 0.5) is 4.79 Å². The molecule has 0 aliphatic rings. The number of hydrogen-bond acceptors (Lipinski definition) is 2. The van der Waals surface area contributed by atoms with Gasteiger partial charge in [-0.2, -0.15) is 0 Å². The summed E-state index contributed by atoms with van der Waals surface area (Å²) in [4.78, 5) is 11.2. The number of nitrogens with one attached hydrogen (secondary N) is 2. The molecule has 0 spiro atoms. The van der Waals surface area contributed by atoms with E-state index in [9.17, 15) is 4.79 Å². The van der Waals surface area contributed by atoms with Crippen LogP contribution in [0.1, 0.15) is 18.1 Å². The number of hydrogen-bond donors (Lipinski definition) is 3. The number of urea groups is 1. The zero-order valence-electron chi connectivity index (χ0n) is 10.1. The van der Waals surface area contributed by atoms with Crippen LogP contribution in [0, 0.1) is 6.92 Å². The molecule has 0 aliphatic heterocycles. The topological polar surface area (TPSA) is 61.4 Å². The standard InChI is InChI=1S/C13H18N2O2/c1-10-4-3-5-12(8-10)6-7-14-13(17)15-9-11(2)16/h3-8,11,16H,9H2,1-2H3,(H2,14,15,17)/b7-6+. The highest BCUT2D eigenvalue weighted by molar-refractivity contribution is 5.75. The second-order valence-electron chi connectivity index (χ2n) is 3.95. The average molecular weight is 234 g/mol. The Hall–Kier alpha value is -1.81. The average Bonchev–Trinajstić information content (AvgIpc) is 2.26. The molecule has 17 heavy (non-hydrogen) atoms. The van der Waals surface area contributed by atoms with E-state index in [2.05, 4.69) is 10.6 Å². The van der Waals surface area contributed by atoms with E-state index < -0.39 is 6.10 Å². The molecule has 3 N–H and O–H groups in total. The summed E-state index contributed by atoms with van der Waals surface area (Å²) in [5.74, 6) is 0. The Bertz CT molecular complexity index is 400. The third-order valence-electron chi connectivity index (χ3n) is 2.09. The van der Waals surface area contributed by atoms with Gasteiger partial charge >= 0.3 is 6.03 Å². The molecule has 1 atom stereocenters. The van der Waals surface area contributed by atoms with Gasteiger partial charge in [-0.25, -0.2) is 4.79 Å². The molecule has 0 bridgehead atoms. The van der Waals surface area contributed by atoms with E-state index in [0.717, 1.165) is 5.56 Å². The highest BCUT2D eigenvalue weighted by atomic mass is 16.3. The van der Waals surface area contributed by atoms with Gasteiger partial charge in [0.15, 0.2) is 0 Å². The summed E-state index contributed by atoms with van der Waals surface area (Å²) in [6, 6.07) is 7.63. The molecule has 0 saturated heterocycles. The third-order valence-corrected chi connectivity index (χ3v) is 2.09. The summed E-state index contributed by atoms with van der Waals surface area (Å²) in [7, 11) is 0. The highest BCUT2D eigenvalue weighted by Gasteiger charge is 1.98. The molecule has 0 heterocycles. The zero-order valence-corrected chi connectivity index (χ0v) is 10.1. The minimum absolute atomic E-state index is 0.240. The largest absolute Gasteiger partial charge is 0.392 e. The van der Waals surface area contributed by atoms with Crippen molar-refractivity contribution in [3.05, 3.63) is 41.6 Å². The van der Waals surface area contributed by atoms with Gasteiger partial charge in [-0.1, -0.05) is 29.8 Å². The van der Waals surface area contributed by atoms with Crippen LogP contribution in [0.3, 0.4) is 0 Å². The van der Waals surface area contributed by atoms with Crippen molar-refractivity contribution in [1.29, 1.82) is 0 Å². The summed E-state index contributed by atoms with van der Waals surface area (Å²) in [5, 5.41) is 14.1. The van der Waals surface area contributed by atoms with Crippen LogP contribution in [0.15, 0.2) is 30.5 Å². The van der Waals surface area contributed by atoms with E-state index in [1.54, 1.807) is 13.1 Å². The van der Waals surface area contributed by atoms with Crippen LogP contribution in [0.5, 0.6) is 0 Å². The summed E-state index contributed by atoms with van der Waals surface area (Å²) in [6.45, 7) is 3.87. The number of amides is 2. The summed E-state index contributed by atoms with van der Waals surface area (Å²) >= 11 is 0. The first-order chi connectivity index (χ1) is 8.08. The molecule has 0 aliphatic carbocycles. The van der Waals surface area contributed by atoms with Gasteiger partial charge in [-0.3, -0.25) is 0 Å². The van der Waals surface area contributed by atoms with Crippen molar-refractivity contribution >= 4 is 12.1 Å². The molecule has 1 unspecified atom stereocenters. The monoisotopic (exact) mass is 234 g/mol. The summed E-state index contributed by atoms with van der Waals surface area (Å²) < 4.78 is 0. The molecule has 1 rings (SSSR count). The van der Waals surface area contributed by atoms with Crippen molar-refractivity contribution in [2.45, 2.75) is 20.0 Å². The van der Waals surface area contributed by atoms with Crippen molar-refractivity contribution in [1.82, 2.24) is 10.6 Å². The molecule has 1 aromatic rings. The lowest BCUT2D eigenvalue weighted by Gasteiger charge is -2.05. The Labute approximate surface area is 101 Å². The molecule has 0 fully saturated rings. The zero-order chi connectivity index (χ0) is 12.7. The maximum atomic E-state index is 11.2.